The van der Waals surface area contributed by atoms with Gasteiger partial charge >= 0.3 is 0 Å². The van der Waals surface area contributed by atoms with Crippen LogP contribution in [0.4, 0.5) is 0 Å². The van der Waals surface area contributed by atoms with Crippen molar-refractivity contribution in [2.24, 2.45) is 0 Å². The lowest BCUT2D eigenvalue weighted by atomic mass is 10.0. The molecule has 0 aliphatic heterocycles. The molecule has 0 amide bonds. The van der Waals surface area contributed by atoms with E-state index in [1.807, 2.05) is 25.1 Å². The predicted octanol–water partition coefficient (Wildman–Crippen LogP) is 3.33. The summed E-state index contributed by atoms with van der Waals surface area (Å²) in [6, 6.07) is 5.63. The highest BCUT2D eigenvalue weighted by atomic mass is 79.9. The Labute approximate surface area is 99.0 Å². The van der Waals surface area contributed by atoms with E-state index in [0.717, 1.165) is 28.4 Å². The molecule has 2 heteroatoms. The highest BCUT2D eigenvalue weighted by Crippen LogP contribution is 2.10. The normalized spacial score (nSPS) is 9.27. The number of benzene rings is 1. The van der Waals surface area contributed by atoms with Gasteiger partial charge in [-0.3, -0.25) is 4.79 Å². The van der Waals surface area contributed by atoms with Crippen LogP contribution in [-0.4, -0.2) is 11.1 Å². The highest BCUT2D eigenvalue weighted by Gasteiger charge is 2.01. The first kappa shape index (κ1) is 12.0. The Hall–Kier alpha value is -1.07. The van der Waals surface area contributed by atoms with E-state index < -0.39 is 0 Å². The van der Waals surface area contributed by atoms with Crippen molar-refractivity contribution in [2.75, 3.05) is 5.33 Å². The molecule has 78 valence electrons. The van der Waals surface area contributed by atoms with E-state index in [2.05, 4.69) is 27.8 Å². The lowest BCUT2D eigenvalue weighted by molar-refractivity contribution is 0.101. The van der Waals surface area contributed by atoms with Crippen LogP contribution in [0, 0.1) is 18.8 Å². The van der Waals surface area contributed by atoms with Gasteiger partial charge in [-0.15, -0.1) is 0 Å². The molecule has 0 aliphatic rings. The third-order valence-electron chi connectivity index (χ3n) is 2.08. The van der Waals surface area contributed by atoms with Crippen molar-refractivity contribution in [3.8, 4) is 11.8 Å². The van der Waals surface area contributed by atoms with Gasteiger partial charge in [0.25, 0.3) is 0 Å². The summed E-state index contributed by atoms with van der Waals surface area (Å²) >= 11 is 3.32. The first-order valence-electron chi connectivity index (χ1n) is 4.81. The second-order valence-electron chi connectivity index (χ2n) is 3.33. The van der Waals surface area contributed by atoms with Crippen molar-refractivity contribution in [1.82, 2.24) is 0 Å². The molecule has 0 saturated carbocycles. The number of aryl methyl sites for hydroxylation is 1. The van der Waals surface area contributed by atoms with Gasteiger partial charge in [0, 0.05) is 22.9 Å². The number of alkyl halides is 1. The summed E-state index contributed by atoms with van der Waals surface area (Å²) in [5, 5.41) is 0.893. The van der Waals surface area contributed by atoms with Gasteiger partial charge in [-0.2, -0.15) is 0 Å². The van der Waals surface area contributed by atoms with E-state index in [-0.39, 0.29) is 5.78 Å². The summed E-state index contributed by atoms with van der Waals surface area (Å²) in [6.07, 6.45) is 0.841. The third-order valence-corrected chi connectivity index (χ3v) is 2.47. The van der Waals surface area contributed by atoms with Crippen molar-refractivity contribution < 1.29 is 4.79 Å². The van der Waals surface area contributed by atoms with E-state index in [1.165, 1.54) is 0 Å². The molecule has 0 heterocycles. The minimum atomic E-state index is 0.0954. The summed E-state index contributed by atoms with van der Waals surface area (Å²) < 4.78 is 0. The van der Waals surface area contributed by atoms with Gasteiger partial charge in [-0.1, -0.05) is 33.8 Å². The van der Waals surface area contributed by atoms with Crippen molar-refractivity contribution in [2.45, 2.75) is 20.3 Å². The molecule has 1 aromatic rings. The number of carbonyl (C=O) groups excluding carboxylic acids is 1. The molecule has 0 unspecified atom stereocenters. The van der Waals surface area contributed by atoms with Crippen LogP contribution in [0.25, 0.3) is 0 Å². The molecule has 0 spiro atoms. The zero-order valence-electron chi connectivity index (χ0n) is 8.93. The Morgan fingerprint density at radius 2 is 2.20 bits per heavy atom. The van der Waals surface area contributed by atoms with Crippen molar-refractivity contribution >= 4 is 21.7 Å². The Morgan fingerprint density at radius 3 is 2.73 bits per heavy atom. The summed E-state index contributed by atoms with van der Waals surface area (Å²) in [4.78, 5) is 11.1. The minimum Gasteiger partial charge on any atom is -0.295 e. The maximum Gasteiger partial charge on any atom is 0.159 e. The van der Waals surface area contributed by atoms with Crippen LogP contribution in [0.15, 0.2) is 18.2 Å². The number of halogens is 1. The van der Waals surface area contributed by atoms with Crippen molar-refractivity contribution in [1.29, 1.82) is 0 Å². The maximum absolute atomic E-state index is 11.1. The monoisotopic (exact) mass is 264 g/mol. The fourth-order valence-corrected chi connectivity index (χ4v) is 1.43. The molecular formula is C13H13BrO. The summed E-state index contributed by atoms with van der Waals surface area (Å²) in [7, 11) is 0. The van der Waals surface area contributed by atoms with E-state index in [9.17, 15) is 4.79 Å². The van der Waals surface area contributed by atoms with E-state index >= 15 is 0 Å². The Balaban J connectivity index is 2.95. The first-order chi connectivity index (χ1) is 7.15. The number of hydrogen-bond acceptors (Lipinski definition) is 1. The average Bonchev–Trinajstić information content (AvgIpc) is 2.20. The molecule has 1 nitrogen and oxygen atoms in total. The van der Waals surface area contributed by atoms with Gasteiger partial charge in [0.15, 0.2) is 5.78 Å². The molecule has 0 aromatic heterocycles. The summed E-state index contributed by atoms with van der Waals surface area (Å²) in [6.45, 7) is 3.55. The molecule has 0 N–H and O–H groups in total. The van der Waals surface area contributed by atoms with Gasteiger partial charge in [0.05, 0.1) is 0 Å². The largest absolute Gasteiger partial charge is 0.295 e. The zero-order chi connectivity index (χ0) is 11.3. The van der Waals surface area contributed by atoms with Gasteiger partial charge in [-0.05, 0) is 31.5 Å². The quantitative estimate of drug-likeness (QED) is 0.455. The van der Waals surface area contributed by atoms with Gasteiger partial charge in [0.2, 0.25) is 0 Å². The van der Waals surface area contributed by atoms with Crippen molar-refractivity contribution in [3.05, 3.63) is 34.9 Å². The number of carbonyl (C=O) groups is 1. The smallest absolute Gasteiger partial charge is 0.159 e. The van der Waals surface area contributed by atoms with Crippen LogP contribution >= 0.6 is 15.9 Å². The molecule has 1 aromatic carbocycles. The Bertz CT molecular complexity index is 424. The molecule has 0 radical (unpaired) electrons. The zero-order valence-corrected chi connectivity index (χ0v) is 10.5. The molecule has 15 heavy (non-hydrogen) atoms. The van der Waals surface area contributed by atoms with E-state index in [4.69, 9.17) is 0 Å². The number of ketones is 1. The molecule has 0 bridgehead atoms. The SMILES string of the molecule is CC(=O)c1ccc(C#CCCBr)c(C)c1. The Morgan fingerprint density at radius 1 is 1.47 bits per heavy atom. The Kier molecular flexibility index (Phi) is 4.58. The van der Waals surface area contributed by atoms with Crippen molar-refractivity contribution in [3.63, 3.8) is 0 Å². The second-order valence-corrected chi connectivity index (χ2v) is 4.12. The minimum absolute atomic E-state index is 0.0954. The third kappa shape index (κ3) is 3.53. The highest BCUT2D eigenvalue weighted by molar-refractivity contribution is 9.09. The topological polar surface area (TPSA) is 17.1 Å². The van der Waals surface area contributed by atoms with Gasteiger partial charge in [0.1, 0.15) is 0 Å². The molecule has 1 rings (SSSR count). The molecule has 0 saturated heterocycles. The van der Waals surface area contributed by atoms with Gasteiger partial charge < -0.3 is 0 Å². The van der Waals surface area contributed by atoms with Crippen LogP contribution in [0.5, 0.6) is 0 Å². The fourth-order valence-electron chi connectivity index (χ4n) is 1.23. The van der Waals surface area contributed by atoms with Gasteiger partial charge in [-0.25, -0.2) is 0 Å². The molecule has 0 aliphatic carbocycles. The number of hydrogen-bond donors (Lipinski definition) is 0. The molecule has 0 atom stereocenters. The number of rotatable bonds is 2. The maximum atomic E-state index is 11.1. The lowest BCUT2D eigenvalue weighted by Gasteiger charge is -2.00. The fraction of sp³-hybridized carbons (Fsp3) is 0.308. The summed E-state index contributed by atoms with van der Waals surface area (Å²) in [5.41, 5.74) is 2.81. The van der Waals surface area contributed by atoms with Crippen LogP contribution in [0.3, 0.4) is 0 Å². The van der Waals surface area contributed by atoms with Crippen LogP contribution in [0.1, 0.15) is 34.8 Å². The molecule has 0 fully saturated rings. The standard InChI is InChI=1S/C13H13BrO/c1-10-9-13(11(2)15)7-6-12(10)5-3-4-8-14/h6-7,9H,4,8H2,1-2H3. The first-order valence-corrected chi connectivity index (χ1v) is 5.93. The molecular weight excluding hydrogens is 252 g/mol. The van der Waals surface area contributed by atoms with Crippen LogP contribution < -0.4 is 0 Å². The van der Waals surface area contributed by atoms with E-state index in [0.29, 0.717) is 0 Å². The second kappa shape index (κ2) is 5.72. The summed E-state index contributed by atoms with van der Waals surface area (Å²) in [5.74, 6) is 6.24. The van der Waals surface area contributed by atoms with Crippen LogP contribution in [0.2, 0.25) is 0 Å². The number of Topliss-reactive ketones (excluding diaryl/α,β-unsaturated/α-hetero) is 1. The predicted molar refractivity (Wildman–Crippen MR) is 66.5 cm³/mol. The van der Waals surface area contributed by atoms with Crippen LogP contribution in [-0.2, 0) is 0 Å². The average molecular weight is 265 g/mol. The lowest BCUT2D eigenvalue weighted by Crippen LogP contribution is -1.93. The van der Waals surface area contributed by atoms with E-state index in [1.54, 1.807) is 6.92 Å².